The highest BCUT2D eigenvalue weighted by atomic mass is 16.2. The molecule has 0 spiro atoms. The van der Waals surface area contributed by atoms with Gasteiger partial charge in [-0.3, -0.25) is 20.9 Å². The van der Waals surface area contributed by atoms with Gasteiger partial charge in [0.2, 0.25) is 11.8 Å². The van der Waals surface area contributed by atoms with Crippen molar-refractivity contribution >= 4 is 11.8 Å². The second-order valence-corrected chi connectivity index (χ2v) is 3.16. The fraction of sp³-hybridized carbons (Fsp3) is 0.750. The van der Waals surface area contributed by atoms with Crippen LogP contribution in [0.3, 0.4) is 0 Å². The summed E-state index contributed by atoms with van der Waals surface area (Å²) >= 11 is 0. The third kappa shape index (κ3) is 10.7. The van der Waals surface area contributed by atoms with E-state index in [-0.39, 0.29) is 24.9 Å². The number of nitrogens with one attached hydrogen (secondary N) is 1. The Labute approximate surface area is 90.3 Å². The van der Waals surface area contributed by atoms with Gasteiger partial charge in [-0.1, -0.05) is 0 Å². The van der Waals surface area contributed by atoms with Crippen LogP contribution in [-0.2, 0) is 9.59 Å². The van der Waals surface area contributed by atoms with Gasteiger partial charge in [0.05, 0.1) is 13.1 Å². The largest absolute Gasteiger partial charge is 0.348 e. The van der Waals surface area contributed by atoms with Crippen molar-refractivity contribution in [2.75, 3.05) is 41.3 Å². The van der Waals surface area contributed by atoms with Gasteiger partial charge in [-0.05, 0) is 0 Å². The van der Waals surface area contributed by atoms with Crippen molar-refractivity contribution in [3.63, 3.8) is 0 Å². The molecule has 2 amide bonds. The number of hydrogen-bond acceptors (Lipinski definition) is 5. The van der Waals surface area contributed by atoms with Crippen LogP contribution < -0.4 is 17.0 Å². The summed E-state index contributed by atoms with van der Waals surface area (Å²) in [5.41, 5.74) is 7.24. The number of nitrogens with two attached hydrogens (primary N) is 2. The zero-order valence-electron chi connectivity index (χ0n) is 9.78. The van der Waals surface area contributed by atoms with Crippen LogP contribution in [0.4, 0.5) is 0 Å². The molecule has 0 heterocycles. The Kier molecular flexibility index (Phi) is 10.2. The average Bonchev–Trinajstić information content (AvgIpc) is 2.17. The van der Waals surface area contributed by atoms with Crippen LogP contribution in [0, 0.1) is 0 Å². The first kappa shape index (κ1) is 16.3. The number of likely N-dealkylation sites (N-methyl/N-ethyl adjacent to an activating group) is 2. The summed E-state index contributed by atoms with van der Waals surface area (Å²) < 4.78 is 0. The van der Waals surface area contributed by atoms with Crippen molar-refractivity contribution in [3.05, 3.63) is 0 Å². The summed E-state index contributed by atoms with van der Waals surface area (Å²) in [6.45, 7) is 0.306. The van der Waals surface area contributed by atoms with E-state index in [0.717, 1.165) is 0 Å². The number of hydrazine groups is 1. The van der Waals surface area contributed by atoms with Crippen LogP contribution >= 0.6 is 0 Å². The van der Waals surface area contributed by atoms with Gasteiger partial charge < -0.3 is 15.5 Å². The van der Waals surface area contributed by atoms with Gasteiger partial charge in [0, 0.05) is 28.2 Å². The lowest BCUT2D eigenvalue weighted by molar-refractivity contribution is -0.128. The first-order valence-corrected chi connectivity index (χ1v) is 4.40. The van der Waals surface area contributed by atoms with Crippen LogP contribution in [0.1, 0.15) is 0 Å². The summed E-state index contributed by atoms with van der Waals surface area (Å²) in [4.78, 5) is 23.8. The highest BCUT2D eigenvalue weighted by molar-refractivity contribution is 5.77. The minimum absolute atomic E-state index is 0.0208. The first-order valence-electron chi connectivity index (χ1n) is 4.40. The molecule has 0 aromatic rings. The third-order valence-electron chi connectivity index (χ3n) is 1.43. The fourth-order valence-corrected chi connectivity index (χ4v) is 0.428. The molecule has 0 fully saturated rings. The first-order chi connectivity index (χ1) is 6.86. The van der Waals surface area contributed by atoms with Gasteiger partial charge >= 0.3 is 0 Å². The molecule has 0 aliphatic carbocycles. The van der Waals surface area contributed by atoms with E-state index in [2.05, 4.69) is 5.43 Å². The number of amides is 2. The monoisotopic (exact) mass is 219 g/mol. The van der Waals surface area contributed by atoms with E-state index in [1.807, 2.05) is 0 Å². The molecule has 7 heteroatoms. The van der Waals surface area contributed by atoms with Crippen molar-refractivity contribution in [2.45, 2.75) is 0 Å². The number of hydrogen-bond donors (Lipinski definition) is 3. The van der Waals surface area contributed by atoms with Crippen LogP contribution in [0.15, 0.2) is 0 Å². The van der Waals surface area contributed by atoms with E-state index in [4.69, 9.17) is 11.6 Å². The van der Waals surface area contributed by atoms with Gasteiger partial charge in [-0.2, -0.15) is 0 Å². The van der Waals surface area contributed by atoms with E-state index in [1.54, 1.807) is 28.2 Å². The molecule has 0 unspecified atom stereocenters. The average molecular weight is 219 g/mol. The standard InChI is InChI=1S/C4H11N3O.C4H10N2O/c1-7(2)4(8)3-6-5;1-6(2)4(7)3-5/h6H,3,5H2,1-2H3;3,5H2,1-2H3. The van der Waals surface area contributed by atoms with Gasteiger partial charge in [-0.15, -0.1) is 0 Å². The van der Waals surface area contributed by atoms with Crippen molar-refractivity contribution in [3.8, 4) is 0 Å². The Balaban J connectivity index is 0. The molecule has 0 aromatic heterocycles. The second-order valence-electron chi connectivity index (χ2n) is 3.16. The molecule has 0 atom stereocenters. The second kappa shape index (κ2) is 9.38. The normalized spacial score (nSPS) is 8.67. The minimum atomic E-state index is -0.0417. The molecule has 0 saturated carbocycles. The van der Waals surface area contributed by atoms with Crippen molar-refractivity contribution < 1.29 is 9.59 Å². The quantitative estimate of drug-likeness (QED) is 0.362. The summed E-state index contributed by atoms with van der Waals surface area (Å²) in [5, 5.41) is 0. The highest BCUT2D eigenvalue weighted by Gasteiger charge is 1.98. The summed E-state index contributed by atoms with van der Waals surface area (Å²) in [6, 6.07) is 0. The fourth-order valence-electron chi connectivity index (χ4n) is 0.428. The molecular weight excluding hydrogens is 198 g/mol. The Hall–Kier alpha value is -1.18. The maximum absolute atomic E-state index is 10.5. The topological polar surface area (TPSA) is 105 Å². The van der Waals surface area contributed by atoms with E-state index in [9.17, 15) is 9.59 Å². The lowest BCUT2D eigenvalue weighted by Crippen LogP contribution is -2.36. The minimum Gasteiger partial charge on any atom is -0.348 e. The number of rotatable bonds is 3. The summed E-state index contributed by atoms with van der Waals surface area (Å²) in [6.07, 6.45) is 0. The molecule has 7 nitrogen and oxygen atoms in total. The van der Waals surface area contributed by atoms with E-state index < -0.39 is 0 Å². The zero-order valence-corrected chi connectivity index (χ0v) is 9.78. The van der Waals surface area contributed by atoms with Gasteiger partial charge in [-0.25, -0.2) is 0 Å². The van der Waals surface area contributed by atoms with Crippen LogP contribution in [0.25, 0.3) is 0 Å². The van der Waals surface area contributed by atoms with Crippen LogP contribution in [-0.4, -0.2) is 62.9 Å². The summed E-state index contributed by atoms with van der Waals surface area (Å²) in [5.74, 6) is 4.81. The predicted molar refractivity (Wildman–Crippen MR) is 58.6 cm³/mol. The Morgan fingerprint density at radius 3 is 1.53 bits per heavy atom. The lowest BCUT2D eigenvalue weighted by Gasteiger charge is -2.07. The highest BCUT2D eigenvalue weighted by Crippen LogP contribution is 1.71. The molecule has 0 radical (unpaired) electrons. The van der Waals surface area contributed by atoms with Crippen LogP contribution in [0.5, 0.6) is 0 Å². The SMILES string of the molecule is CN(C)C(=O)CN.CN(C)C(=O)CNN. The van der Waals surface area contributed by atoms with E-state index >= 15 is 0 Å². The number of carbonyl (C=O) groups is 2. The van der Waals surface area contributed by atoms with Gasteiger partial charge in [0.25, 0.3) is 0 Å². The molecule has 0 aliphatic rings. The molecular formula is C8H21N5O2. The van der Waals surface area contributed by atoms with E-state index in [1.165, 1.54) is 9.80 Å². The maximum atomic E-state index is 10.5. The Morgan fingerprint density at radius 2 is 1.47 bits per heavy atom. The number of carbonyl (C=O) groups excluding carboxylic acids is 2. The van der Waals surface area contributed by atoms with Crippen molar-refractivity contribution in [2.24, 2.45) is 11.6 Å². The molecule has 15 heavy (non-hydrogen) atoms. The molecule has 90 valence electrons. The predicted octanol–water partition coefficient (Wildman–Crippen LogP) is -2.43. The van der Waals surface area contributed by atoms with Gasteiger partial charge in [0.1, 0.15) is 0 Å². The summed E-state index contributed by atoms with van der Waals surface area (Å²) in [7, 11) is 6.71. The van der Waals surface area contributed by atoms with Gasteiger partial charge in [0.15, 0.2) is 0 Å². The molecule has 5 N–H and O–H groups in total. The molecule has 0 bridgehead atoms. The number of nitrogens with zero attached hydrogens (tertiary/aromatic N) is 2. The Morgan fingerprint density at radius 1 is 1.07 bits per heavy atom. The maximum Gasteiger partial charge on any atom is 0.237 e. The molecule has 0 aliphatic heterocycles. The molecule has 0 rings (SSSR count). The zero-order chi connectivity index (χ0) is 12.4. The van der Waals surface area contributed by atoms with Crippen LogP contribution in [0.2, 0.25) is 0 Å². The van der Waals surface area contributed by atoms with Crippen molar-refractivity contribution in [1.29, 1.82) is 0 Å². The third-order valence-corrected chi connectivity index (χ3v) is 1.43. The Bertz CT molecular complexity index is 193. The molecule has 0 saturated heterocycles. The lowest BCUT2D eigenvalue weighted by atomic mass is 10.6. The smallest absolute Gasteiger partial charge is 0.237 e. The van der Waals surface area contributed by atoms with Crippen molar-refractivity contribution in [1.82, 2.24) is 15.2 Å². The molecule has 0 aromatic carbocycles. The van der Waals surface area contributed by atoms with E-state index in [0.29, 0.717) is 0 Å².